The maximum atomic E-state index is 11.3. The molecule has 0 fully saturated rings. The van der Waals surface area contributed by atoms with Crippen LogP contribution >= 0.6 is 0 Å². The van der Waals surface area contributed by atoms with Gasteiger partial charge in [-0.05, 0) is 0 Å². The third kappa shape index (κ3) is 1.42. The summed E-state index contributed by atoms with van der Waals surface area (Å²) in [4.78, 5) is 11.3. The van der Waals surface area contributed by atoms with Gasteiger partial charge in [-0.2, -0.15) is 5.10 Å². The average molecular weight is 206 g/mol. The Kier molecular flexibility index (Phi) is 2.06. The fourth-order valence-corrected chi connectivity index (χ4v) is 1.45. The normalized spacial score (nSPS) is 19.3. The van der Waals surface area contributed by atoms with Crippen LogP contribution in [0.4, 0.5) is 0 Å². The van der Waals surface area contributed by atoms with E-state index < -0.39 is 11.7 Å². The third-order valence-electron chi connectivity index (χ3n) is 2.22. The summed E-state index contributed by atoms with van der Waals surface area (Å²) >= 11 is 0. The lowest BCUT2D eigenvalue weighted by molar-refractivity contribution is -0.166. The topological polar surface area (TPSA) is 73.1 Å². The molecule has 0 atom stereocenters. The number of hydrogen-bond donors (Lipinski definition) is 2. The number of likely N-dealkylation sites (N-methyl/N-ethyl adjacent to an activating group) is 1. The van der Waals surface area contributed by atoms with Crippen molar-refractivity contribution < 1.29 is 15.0 Å². The van der Waals surface area contributed by atoms with Crippen LogP contribution in [0.1, 0.15) is 5.56 Å². The lowest BCUT2D eigenvalue weighted by Gasteiger charge is -2.14. The molecule has 0 spiro atoms. The molecule has 1 aliphatic heterocycles. The van der Waals surface area contributed by atoms with Gasteiger partial charge in [-0.25, -0.2) is 5.01 Å². The van der Waals surface area contributed by atoms with E-state index >= 15 is 0 Å². The van der Waals surface area contributed by atoms with Crippen molar-refractivity contribution in [3.8, 4) is 0 Å². The van der Waals surface area contributed by atoms with Crippen LogP contribution in [0.25, 0.3) is 0 Å². The number of hydrazone groups is 1. The molecule has 15 heavy (non-hydrogen) atoms. The number of nitrogens with zero attached hydrogens (tertiary/aromatic N) is 2. The molecular formula is C10H10N2O3. The summed E-state index contributed by atoms with van der Waals surface area (Å²) in [5, 5.41) is 23.9. The number of carbonyl (C=O) groups is 1. The minimum Gasteiger partial charge on any atom is -0.353 e. The van der Waals surface area contributed by atoms with E-state index in [-0.39, 0.29) is 5.71 Å². The highest BCUT2D eigenvalue weighted by molar-refractivity contribution is 6.20. The van der Waals surface area contributed by atoms with Gasteiger partial charge in [0.2, 0.25) is 0 Å². The zero-order chi connectivity index (χ0) is 11.1. The van der Waals surface area contributed by atoms with Crippen LogP contribution in [0.15, 0.2) is 35.4 Å². The van der Waals surface area contributed by atoms with Crippen LogP contribution in [-0.4, -0.2) is 39.7 Å². The van der Waals surface area contributed by atoms with Crippen molar-refractivity contribution in [2.75, 3.05) is 7.05 Å². The van der Waals surface area contributed by atoms with E-state index in [0.29, 0.717) is 5.56 Å². The third-order valence-corrected chi connectivity index (χ3v) is 2.22. The first-order chi connectivity index (χ1) is 7.03. The molecule has 78 valence electrons. The van der Waals surface area contributed by atoms with Crippen molar-refractivity contribution in [2.45, 2.75) is 5.79 Å². The fraction of sp³-hybridized carbons (Fsp3) is 0.200. The van der Waals surface area contributed by atoms with E-state index in [2.05, 4.69) is 5.10 Å². The van der Waals surface area contributed by atoms with Crippen LogP contribution < -0.4 is 0 Å². The molecule has 1 aliphatic rings. The zero-order valence-electron chi connectivity index (χ0n) is 8.08. The number of amides is 1. The summed E-state index contributed by atoms with van der Waals surface area (Å²) in [6.07, 6.45) is 0. The number of carbonyl (C=O) groups excluding carboxylic acids is 1. The van der Waals surface area contributed by atoms with Gasteiger partial charge in [0, 0.05) is 12.6 Å². The molecule has 2 rings (SSSR count). The molecule has 2 N–H and O–H groups in total. The highest BCUT2D eigenvalue weighted by Gasteiger charge is 2.47. The van der Waals surface area contributed by atoms with Crippen molar-refractivity contribution in [3.63, 3.8) is 0 Å². The zero-order valence-corrected chi connectivity index (χ0v) is 8.08. The molecule has 5 heteroatoms. The first-order valence-corrected chi connectivity index (χ1v) is 4.41. The van der Waals surface area contributed by atoms with Crippen molar-refractivity contribution >= 4 is 11.6 Å². The predicted octanol–water partition coefficient (Wildman–Crippen LogP) is -0.456. The number of aliphatic hydroxyl groups is 2. The van der Waals surface area contributed by atoms with Gasteiger partial charge in [-0.1, -0.05) is 30.3 Å². The van der Waals surface area contributed by atoms with Gasteiger partial charge in [0.15, 0.2) is 0 Å². The molecule has 0 radical (unpaired) electrons. The van der Waals surface area contributed by atoms with E-state index in [4.69, 9.17) is 0 Å². The molecule has 1 aromatic carbocycles. The predicted molar refractivity (Wildman–Crippen MR) is 52.9 cm³/mol. The fourth-order valence-electron chi connectivity index (χ4n) is 1.45. The Labute approximate surface area is 86.3 Å². The Morgan fingerprint density at radius 1 is 1.27 bits per heavy atom. The second kappa shape index (κ2) is 3.15. The standard InChI is InChI=1S/C10H10N2O3/c1-12-9(13)10(14,15)8(11-12)7-5-3-2-4-6-7/h2-6,14-15H,1H3. The molecule has 0 aliphatic carbocycles. The van der Waals surface area contributed by atoms with Gasteiger partial charge >= 0.3 is 5.91 Å². The Morgan fingerprint density at radius 2 is 1.87 bits per heavy atom. The van der Waals surface area contributed by atoms with Crippen molar-refractivity contribution in [3.05, 3.63) is 35.9 Å². The van der Waals surface area contributed by atoms with Crippen LogP contribution in [0, 0.1) is 0 Å². The van der Waals surface area contributed by atoms with E-state index in [1.54, 1.807) is 30.3 Å². The van der Waals surface area contributed by atoms with Gasteiger partial charge in [-0.3, -0.25) is 4.79 Å². The van der Waals surface area contributed by atoms with Gasteiger partial charge in [0.25, 0.3) is 5.79 Å². The van der Waals surface area contributed by atoms with Crippen molar-refractivity contribution in [2.24, 2.45) is 5.10 Å². The quantitative estimate of drug-likeness (QED) is 0.611. The van der Waals surface area contributed by atoms with E-state index in [9.17, 15) is 15.0 Å². The maximum absolute atomic E-state index is 11.3. The summed E-state index contributed by atoms with van der Waals surface area (Å²) in [5.74, 6) is -3.36. The van der Waals surface area contributed by atoms with Gasteiger partial charge in [0.1, 0.15) is 5.71 Å². The summed E-state index contributed by atoms with van der Waals surface area (Å²) in [6.45, 7) is 0. The molecule has 1 amide bonds. The van der Waals surface area contributed by atoms with Crippen LogP contribution in [0.2, 0.25) is 0 Å². The van der Waals surface area contributed by atoms with Gasteiger partial charge in [-0.15, -0.1) is 0 Å². The van der Waals surface area contributed by atoms with Crippen LogP contribution in [0.5, 0.6) is 0 Å². The Balaban J connectivity index is 2.48. The highest BCUT2D eigenvalue weighted by atomic mass is 16.5. The lowest BCUT2D eigenvalue weighted by atomic mass is 10.0. The van der Waals surface area contributed by atoms with Crippen LogP contribution in [-0.2, 0) is 4.79 Å². The number of rotatable bonds is 1. The molecule has 5 nitrogen and oxygen atoms in total. The summed E-state index contributed by atoms with van der Waals surface area (Å²) < 4.78 is 0. The van der Waals surface area contributed by atoms with E-state index in [1.807, 2.05) is 0 Å². The van der Waals surface area contributed by atoms with Gasteiger partial charge in [0.05, 0.1) is 0 Å². The maximum Gasteiger partial charge on any atom is 0.309 e. The molecule has 0 unspecified atom stereocenters. The molecule has 0 bridgehead atoms. The largest absolute Gasteiger partial charge is 0.353 e. The smallest absolute Gasteiger partial charge is 0.309 e. The second-order valence-electron chi connectivity index (χ2n) is 3.32. The highest BCUT2D eigenvalue weighted by Crippen LogP contribution is 2.21. The SMILES string of the molecule is CN1N=C(c2ccccc2)C(O)(O)C1=O. The van der Waals surface area contributed by atoms with Gasteiger partial charge < -0.3 is 10.2 Å². The second-order valence-corrected chi connectivity index (χ2v) is 3.32. The Hall–Kier alpha value is -1.72. The number of benzene rings is 1. The van der Waals surface area contributed by atoms with E-state index in [0.717, 1.165) is 5.01 Å². The first-order valence-electron chi connectivity index (χ1n) is 4.41. The summed E-state index contributed by atoms with van der Waals surface area (Å²) in [7, 11) is 1.37. The van der Waals surface area contributed by atoms with E-state index in [1.165, 1.54) is 7.05 Å². The Morgan fingerprint density at radius 3 is 2.33 bits per heavy atom. The molecule has 1 heterocycles. The minimum absolute atomic E-state index is 0.0457. The van der Waals surface area contributed by atoms with Crippen molar-refractivity contribution in [1.29, 1.82) is 0 Å². The number of hydrogen-bond acceptors (Lipinski definition) is 4. The lowest BCUT2D eigenvalue weighted by Crippen LogP contribution is -2.45. The molecule has 1 aromatic rings. The monoisotopic (exact) mass is 206 g/mol. The molecular weight excluding hydrogens is 196 g/mol. The first kappa shape index (κ1) is 9.82. The summed E-state index contributed by atoms with van der Waals surface area (Å²) in [5.41, 5.74) is 0.468. The Bertz CT molecular complexity index is 426. The van der Waals surface area contributed by atoms with Crippen LogP contribution in [0.3, 0.4) is 0 Å². The molecule has 0 aromatic heterocycles. The van der Waals surface area contributed by atoms with Crippen molar-refractivity contribution in [1.82, 2.24) is 5.01 Å². The minimum atomic E-state index is -2.52. The molecule has 0 saturated carbocycles. The average Bonchev–Trinajstić information content (AvgIpc) is 2.43. The summed E-state index contributed by atoms with van der Waals surface area (Å²) in [6, 6.07) is 8.58. The molecule has 0 saturated heterocycles.